The molecule has 2 aliphatic heterocycles. The van der Waals surface area contributed by atoms with E-state index in [2.05, 4.69) is 27.7 Å². The number of nitrogens with zero attached hydrogens (tertiary/aromatic N) is 1. The molecule has 31 heavy (non-hydrogen) atoms. The molecule has 0 aromatic heterocycles. The van der Waals surface area contributed by atoms with Gasteiger partial charge < -0.3 is 15.3 Å². The molecule has 0 bridgehead atoms. The van der Waals surface area contributed by atoms with Crippen molar-refractivity contribution in [3.05, 3.63) is 53.6 Å². The van der Waals surface area contributed by atoms with Crippen molar-refractivity contribution in [2.45, 2.75) is 37.4 Å². The van der Waals surface area contributed by atoms with Gasteiger partial charge in [0, 0.05) is 18.8 Å². The largest absolute Gasteiger partial charge is 0.506 e. The van der Waals surface area contributed by atoms with E-state index in [1.165, 1.54) is 31.0 Å². The van der Waals surface area contributed by atoms with Gasteiger partial charge in [0.05, 0.1) is 17.4 Å². The molecule has 0 spiro atoms. The summed E-state index contributed by atoms with van der Waals surface area (Å²) >= 11 is 0.953. The SMILES string of the molecule is O=C(Cc1ccc(N2CCCCC2)cc1)Nc1cc(CC2SC(=O)NC2=O)ccc1O. The number of phenols is 1. The van der Waals surface area contributed by atoms with Crippen LogP contribution in [0.1, 0.15) is 30.4 Å². The summed E-state index contributed by atoms with van der Waals surface area (Å²) in [6.07, 6.45) is 4.25. The van der Waals surface area contributed by atoms with Gasteiger partial charge in [0.1, 0.15) is 5.75 Å². The van der Waals surface area contributed by atoms with Crippen molar-refractivity contribution >= 4 is 40.2 Å². The van der Waals surface area contributed by atoms with Crippen LogP contribution in [0.25, 0.3) is 0 Å². The topological polar surface area (TPSA) is 98.7 Å². The molecule has 2 aromatic rings. The lowest BCUT2D eigenvalue weighted by molar-refractivity contribution is -0.119. The lowest BCUT2D eigenvalue weighted by atomic mass is 10.1. The highest BCUT2D eigenvalue weighted by molar-refractivity contribution is 8.15. The Morgan fingerprint density at radius 1 is 1.06 bits per heavy atom. The molecule has 3 N–H and O–H groups in total. The van der Waals surface area contributed by atoms with Crippen LogP contribution < -0.4 is 15.5 Å². The van der Waals surface area contributed by atoms with Crippen molar-refractivity contribution < 1.29 is 19.5 Å². The zero-order valence-corrected chi connectivity index (χ0v) is 17.9. The molecular formula is C23H25N3O4S. The Bertz CT molecular complexity index is 987. The van der Waals surface area contributed by atoms with Crippen LogP contribution >= 0.6 is 11.8 Å². The van der Waals surface area contributed by atoms with Gasteiger partial charge in [0.15, 0.2) is 0 Å². The highest BCUT2D eigenvalue weighted by atomic mass is 32.2. The molecule has 4 rings (SSSR count). The number of hydrogen-bond acceptors (Lipinski definition) is 6. The minimum atomic E-state index is -0.501. The van der Waals surface area contributed by atoms with Crippen molar-refractivity contribution in [3.63, 3.8) is 0 Å². The van der Waals surface area contributed by atoms with E-state index in [9.17, 15) is 19.5 Å². The second kappa shape index (κ2) is 9.43. The van der Waals surface area contributed by atoms with Crippen molar-refractivity contribution in [3.8, 4) is 5.75 Å². The number of aromatic hydroxyl groups is 1. The molecule has 0 aliphatic carbocycles. The molecule has 162 valence electrons. The molecule has 2 heterocycles. The first-order chi connectivity index (χ1) is 15.0. The molecule has 3 amide bonds. The predicted molar refractivity (Wildman–Crippen MR) is 122 cm³/mol. The number of anilines is 2. The van der Waals surface area contributed by atoms with Gasteiger partial charge in [0.25, 0.3) is 5.24 Å². The first kappa shape index (κ1) is 21.2. The Kier molecular flexibility index (Phi) is 6.46. The van der Waals surface area contributed by atoms with Crippen LogP contribution in [0, 0.1) is 0 Å². The molecule has 0 saturated carbocycles. The van der Waals surface area contributed by atoms with Gasteiger partial charge in [-0.1, -0.05) is 30.0 Å². The van der Waals surface area contributed by atoms with E-state index in [4.69, 9.17) is 0 Å². The third-order valence-electron chi connectivity index (χ3n) is 5.55. The number of carbonyl (C=O) groups is 3. The fraction of sp³-hybridized carbons (Fsp3) is 0.348. The smallest absolute Gasteiger partial charge is 0.286 e. The summed E-state index contributed by atoms with van der Waals surface area (Å²) in [6.45, 7) is 2.15. The van der Waals surface area contributed by atoms with Crippen LogP contribution in [0.5, 0.6) is 5.75 Å². The second-order valence-corrected chi connectivity index (χ2v) is 9.05. The normalized spacial score (nSPS) is 18.7. The lowest BCUT2D eigenvalue weighted by Crippen LogP contribution is -2.29. The van der Waals surface area contributed by atoms with E-state index >= 15 is 0 Å². The molecule has 1 atom stereocenters. The molecule has 2 aromatic carbocycles. The minimum Gasteiger partial charge on any atom is -0.506 e. The Morgan fingerprint density at radius 3 is 2.45 bits per heavy atom. The summed E-state index contributed by atoms with van der Waals surface area (Å²) in [7, 11) is 0. The Balaban J connectivity index is 1.36. The van der Waals surface area contributed by atoms with E-state index in [-0.39, 0.29) is 29.2 Å². The summed E-state index contributed by atoms with van der Waals surface area (Å²) in [5.41, 5.74) is 3.12. The maximum atomic E-state index is 12.5. The monoisotopic (exact) mass is 439 g/mol. The van der Waals surface area contributed by atoms with E-state index < -0.39 is 5.25 Å². The predicted octanol–water partition coefficient (Wildman–Crippen LogP) is 3.46. The lowest BCUT2D eigenvalue weighted by Gasteiger charge is -2.28. The highest BCUT2D eigenvalue weighted by Crippen LogP contribution is 2.28. The van der Waals surface area contributed by atoms with Gasteiger partial charge in [-0.05, 0) is 61.1 Å². The number of piperidine rings is 1. The van der Waals surface area contributed by atoms with E-state index in [1.54, 1.807) is 12.1 Å². The molecule has 0 radical (unpaired) electrons. The number of amides is 3. The average molecular weight is 440 g/mol. The molecule has 2 saturated heterocycles. The van der Waals surface area contributed by atoms with Gasteiger partial charge in [-0.2, -0.15) is 0 Å². The molecule has 1 unspecified atom stereocenters. The zero-order valence-electron chi connectivity index (χ0n) is 17.1. The quantitative estimate of drug-likeness (QED) is 0.597. The van der Waals surface area contributed by atoms with E-state index in [0.29, 0.717) is 12.1 Å². The zero-order chi connectivity index (χ0) is 21.8. The van der Waals surface area contributed by atoms with Crippen molar-refractivity contribution in [1.29, 1.82) is 0 Å². The number of hydrogen-bond donors (Lipinski definition) is 3. The third kappa shape index (κ3) is 5.38. The summed E-state index contributed by atoms with van der Waals surface area (Å²) in [4.78, 5) is 38.0. The van der Waals surface area contributed by atoms with Gasteiger partial charge in [0.2, 0.25) is 11.8 Å². The van der Waals surface area contributed by atoms with Gasteiger partial charge in [-0.15, -0.1) is 0 Å². The number of carbonyl (C=O) groups excluding carboxylic acids is 3. The van der Waals surface area contributed by atoms with Gasteiger partial charge in [-0.25, -0.2) is 0 Å². The molecule has 8 heteroatoms. The van der Waals surface area contributed by atoms with Crippen LogP contribution in [0.2, 0.25) is 0 Å². The van der Waals surface area contributed by atoms with Crippen molar-refractivity contribution in [1.82, 2.24) is 5.32 Å². The Morgan fingerprint density at radius 2 is 1.77 bits per heavy atom. The first-order valence-electron chi connectivity index (χ1n) is 10.4. The average Bonchev–Trinajstić information content (AvgIpc) is 3.08. The van der Waals surface area contributed by atoms with E-state index in [1.807, 2.05) is 12.1 Å². The summed E-state index contributed by atoms with van der Waals surface area (Å²) in [5, 5.41) is 14.3. The molecule has 2 aliphatic rings. The fourth-order valence-corrected chi connectivity index (χ4v) is 4.77. The Labute approximate surface area is 185 Å². The first-order valence-corrected chi connectivity index (χ1v) is 11.3. The maximum Gasteiger partial charge on any atom is 0.286 e. The summed E-state index contributed by atoms with van der Waals surface area (Å²) in [5.74, 6) is -0.597. The van der Waals surface area contributed by atoms with Crippen LogP contribution in [-0.2, 0) is 22.4 Å². The van der Waals surface area contributed by atoms with Gasteiger partial charge >= 0.3 is 0 Å². The van der Waals surface area contributed by atoms with Crippen LogP contribution in [0.15, 0.2) is 42.5 Å². The third-order valence-corrected chi connectivity index (χ3v) is 6.53. The summed E-state index contributed by atoms with van der Waals surface area (Å²) < 4.78 is 0. The maximum absolute atomic E-state index is 12.5. The Hall–Kier alpha value is -3.00. The number of benzene rings is 2. The second-order valence-electron chi connectivity index (χ2n) is 7.88. The molecule has 7 nitrogen and oxygen atoms in total. The number of imide groups is 1. The number of phenolic OH excluding ortho intramolecular Hbond substituents is 1. The molecular weight excluding hydrogens is 414 g/mol. The standard InChI is InChI=1S/C23H25N3O4S/c27-19-9-6-16(13-20-22(29)25-23(30)31-20)12-18(19)24-21(28)14-15-4-7-17(8-5-15)26-10-2-1-3-11-26/h4-9,12,20,27H,1-3,10-11,13-14H2,(H,24,28)(H,25,29,30). The van der Waals surface area contributed by atoms with E-state index in [0.717, 1.165) is 36.0 Å². The number of nitrogens with one attached hydrogen (secondary N) is 2. The van der Waals surface area contributed by atoms with Crippen molar-refractivity contribution in [2.24, 2.45) is 0 Å². The molecule has 2 fully saturated rings. The van der Waals surface area contributed by atoms with Crippen LogP contribution in [0.3, 0.4) is 0 Å². The van der Waals surface area contributed by atoms with Crippen LogP contribution in [0.4, 0.5) is 16.2 Å². The number of thioether (sulfide) groups is 1. The highest BCUT2D eigenvalue weighted by Gasteiger charge is 2.31. The minimum absolute atomic E-state index is 0.0443. The van der Waals surface area contributed by atoms with Gasteiger partial charge in [-0.3, -0.25) is 19.7 Å². The number of rotatable bonds is 6. The fourth-order valence-electron chi connectivity index (χ4n) is 3.91. The van der Waals surface area contributed by atoms with Crippen molar-refractivity contribution in [2.75, 3.05) is 23.3 Å². The summed E-state index contributed by atoms with van der Waals surface area (Å²) in [6, 6.07) is 12.8. The van der Waals surface area contributed by atoms with Crippen LogP contribution in [-0.4, -0.2) is 40.5 Å².